The number of hydrogen-bond donors (Lipinski definition) is 0. The zero-order valence-electron chi connectivity index (χ0n) is 43.4. The predicted molar refractivity (Wildman–Crippen MR) is 284 cm³/mol. The monoisotopic (exact) mass is 921 g/mol. The standard InChI is InChI=1S/C60H104O6/c1-4-7-10-13-16-19-22-24-26-28-30-32-34-36-38-41-44-47-50-53-59(62)65-56-57(55-64-58(61)52-49-46-43-40-21-18-15-12-9-6-3)66-60(63)54-51-48-45-42-39-37-35-33-31-29-27-25-23-20-17-14-11-8-5-2/h16-17,19-20,24-27,30-33,57H,4-15,18,21-23,28-29,34-56H2,1-3H3/b19-16-,20-17-,26-24-,27-25-,32-30-,33-31-/t57-/m1/s1. The molecule has 0 saturated carbocycles. The summed E-state index contributed by atoms with van der Waals surface area (Å²) in [5.41, 5.74) is 0. The topological polar surface area (TPSA) is 78.9 Å². The van der Waals surface area contributed by atoms with Crippen molar-refractivity contribution >= 4 is 17.9 Å². The maximum atomic E-state index is 12.8. The molecule has 0 unspecified atom stereocenters. The molecule has 0 radical (unpaired) electrons. The summed E-state index contributed by atoms with van der Waals surface area (Å²) in [6.07, 6.45) is 68.8. The Hall–Kier alpha value is -3.15. The number of esters is 3. The highest BCUT2D eigenvalue weighted by Crippen LogP contribution is 2.15. The molecule has 0 spiro atoms. The molecule has 0 bridgehead atoms. The van der Waals surface area contributed by atoms with Crippen molar-refractivity contribution in [1.82, 2.24) is 0 Å². The fourth-order valence-electron chi connectivity index (χ4n) is 7.69. The van der Waals surface area contributed by atoms with Gasteiger partial charge in [0, 0.05) is 19.3 Å². The molecule has 0 amide bonds. The van der Waals surface area contributed by atoms with E-state index in [1.165, 1.54) is 128 Å². The van der Waals surface area contributed by atoms with Gasteiger partial charge in [-0.3, -0.25) is 14.4 Å². The van der Waals surface area contributed by atoms with Crippen LogP contribution in [0.15, 0.2) is 72.9 Å². The minimum Gasteiger partial charge on any atom is -0.462 e. The molecule has 0 N–H and O–H groups in total. The normalized spacial score (nSPS) is 12.6. The Morgan fingerprint density at radius 3 is 0.879 bits per heavy atom. The zero-order valence-corrected chi connectivity index (χ0v) is 43.4. The van der Waals surface area contributed by atoms with Crippen LogP contribution in [0.25, 0.3) is 0 Å². The van der Waals surface area contributed by atoms with Crippen LogP contribution in [-0.4, -0.2) is 37.2 Å². The first kappa shape index (κ1) is 62.8. The molecule has 0 heterocycles. The van der Waals surface area contributed by atoms with Gasteiger partial charge in [0.05, 0.1) is 0 Å². The number of carbonyl (C=O) groups excluding carboxylic acids is 3. The Bertz CT molecular complexity index is 1240. The molecule has 0 rings (SSSR count). The van der Waals surface area contributed by atoms with Crippen molar-refractivity contribution in [2.24, 2.45) is 0 Å². The molecule has 0 saturated heterocycles. The number of ether oxygens (including phenoxy) is 3. The van der Waals surface area contributed by atoms with Crippen molar-refractivity contribution in [3.05, 3.63) is 72.9 Å². The Balaban J connectivity index is 4.37. The lowest BCUT2D eigenvalue weighted by Crippen LogP contribution is -2.30. The fourth-order valence-corrected chi connectivity index (χ4v) is 7.69. The number of rotatable bonds is 50. The van der Waals surface area contributed by atoms with Crippen LogP contribution in [0.2, 0.25) is 0 Å². The van der Waals surface area contributed by atoms with Crippen LogP contribution in [-0.2, 0) is 28.6 Å². The van der Waals surface area contributed by atoms with Crippen LogP contribution in [0.3, 0.4) is 0 Å². The number of unbranched alkanes of at least 4 members (excludes halogenated alkanes) is 27. The molecule has 380 valence electrons. The minimum absolute atomic E-state index is 0.0837. The Morgan fingerprint density at radius 1 is 0.303 bits per heavy atom. The zero-order chi connectivity index (χ0) is 47.9. The van der Waals surface area contributed by atoms with E-state index in [1.54, 1.807) is 0 Å². The third-order valence-electron chi connectivity index (χ3n) is 11.9. The fraction of sp³-hybridized carbons (Fsp3) is 0.750. The Morgan fingerprint density at radius 2 is 0.545 bits per heavy atom. The summed E-state index contributed by atoms with van der Waals surface area (Å²) in [6.45, 7) is 6.56. The summed E-state index contributed by atoms with van der Waals surface area (Å²) >= 11 is 0. The largest absolute Gasteiger partial charge is 0.462 e. The van der Waals surface area contributed by atoms with E-state index in [4.69, 9.17) is 14.2 Å². The molecule has 66 heavy (non-hydrogen) atoms. The van der Waals surface area contributed by atoms with Gasteiger partial charge in [-0.2, -0.15) is 0 Å². The van der Waals surface area contributed by atoms with Crippen molar-refractivity contribution in [2.45, 2.75) is 277 Å². The van der Waals surface area contributed by atoms with Crippen LogP contribution in [0.4, 0.5) is 0 Å². The molecule has 1 atom stereocenters. The first-order valence-electron chi connectivity index (χ1n) is 27.9. The number of carbonyl (C=O) groups is 3. The summed E-state index contributed by atoms with van der Waals surface area (Å²) in [7, 11) is 0. The maximum absolute atomic E-state index is 12.8. The second-order valence-corrected chi connectivity index (χ2v) is 18.5. The lowest BCUT2D eigenvalue weighted by molar-refractivity contribution is -0.167. The summed E-state index contributed by atoms with van der Waals surface area (Å²) < 4.78 is 16.8. The van der Waals surface area contributed by atoms with Crippen LogP contribution < -0.4 is 0 Å². The van der Waals surface area contributed by atoms with E-state index in [1.807, 2.05) is 0 Å². The van der Waals surface area contributed by atoms with Gasteiger partial charge in [-0.05, 0) is 96.3 Å². The Kier molecular flexibility index (Phi) is 51.9. The lowest BCUT2D eigenvalue weighted by Gasteiger charge is -2.18. The van der Waals surface area contributed by atoms with E-state index in [-0.39, 0.29) is 31.1 Å². The van der Waals surface area contributed by atoms with Gasteiger partial charge in [-0.25, -0.2) is 0 Å². The molecular weight excluding hydrogens is 817 g/mol. The highest BCUT2D eigenvalue weighted by molar-refractivity contribution is 5.71. The van der Waals surface area contributed by atoms with Gasteiger partial charge in [0.25, 0.3) is 0 Å². The van der Waals surface area contributed by atoms with E-state index in [0.717, 1.165) is 103 Å². The van der Waals surface area contributed by atoms with Crippen molar-refractivity contribution in [2.75, 3.05) is 13.2 Å². The van der Waals surface area contributed by atoms with Crippen molar-refractivity contribution in [1.29, 1.82) is 0 Å². The van der Waals surface area contributed by atoms with Gasteiger partial charge in [-0.1, -0.05) is 229 Å². The summed E-state index contributed by atoms with van der Waals surface area (Å²) in [4.78, 5) is 38.0. The van der Waals surface area contributed by atoms with Gasteiger partial charge in [0.15, 0.2) is 6.10 Å². The first-order valence-corrected chi connectivity index (χ1v) is 27.9. The van der Waals surface area contributed by atoms with Gasteiger partial charge < -0.3 is 14.2 Å². The highest BCUT2D eigenvalue weighted by Gasteiger charge is 2.19. The molecule has 0 aromatic carbocycles. The predicted octanol–water partition coefficient (Wildman–Crippen LogP) is 18.6. The maximum Gasteiger partial charge on any atom is 0.306 e. The molecule has 0 aromatic rings. The molecule has 0 aliphatic rings. The highest BCUT2D eigenvalue weighted by atomic mass is 16.6. The molecule has 6 heteroatoms. The second kappa shape index (κ2) is 54.5. The summed E-state index contributed by atoms with van der Waals surface area (Å²) in [5, 5.41) is 0. The molecule has 0 aliphatic carbocycles. The van der Waals surface area contributed by atoms with Crippen molar-refractivity contribution in [3.63, 3.8) is 0 Å². The second-order valence-electron chi connectivity index (χ2n) is 18.5. The van der Waals surface area contributed by atoms with E-state index in [0.29, 0.717) is 19.3 Å². The quantitative estimate of drug-likeness (QED) is 0.0262. The van der Waals surface area contributed by atoms with Crippen LogP contribution in [0, 0.1) is 0 Å². The summed E-state index contributed by atoms with van der Waals surface area (Å²) in [6, 6.07) is 0. The van der Waals surface area contributed by atoms with Gasteiger partial charge in [0.1, 0.15) is 13.2 Å². The SMILES string of the molecule is CCCCC/C=C\C/C=C\C/C=C\CCCCCCCCC(=O)OC[C@@H](COC(=O)CCCCCCCCCCCC)OC(=O)CCCCCCCC/C=C\C/C=C\C/C=C\CCCCC. The van der Waals surface area contributed by atoms with Crippen LogP contribution in [0.1, 0.15) is 271 Å². The van der Waals surface area contributed by atoms with Crippen molar-refractivity contribution < 1.29 is 28.6 Å². The van der Waals surface area contributed by atoms with E-state index >= 15 is 0 Å². The van der Waals surface area contributed by atoms with Gasteiger partial charge in [0.2, 0.25) is 0 Å². The van der Waals surface area contributed by atoms with Crippen LogP contribution >= 0.6 is 0 Å². The lowest BCUT2D eigenvalue weighted by atomic mass is 10.1. The smallest absolute Gasteiger partial charge is 0.306 e. The van der Waals surface area contributed by atoms with Crippen LogP contribution in [0.5, 0.6) is 0 Å². The third kappa shape index (κ3) is 51.8. The third-order valence-corrected chi connectivity index (χ3v) is 11.9. The average Bonchev–Trinajstić information content (AvgIpc) is 3.31. The van der Waals surface area contributed by atoms with Gasteiger partial charge in [-0.15, -0.1) is 0 Å². The number of hydrogen-bond acceptors (Lipinski definition) is 6. The molecule has 6 nitrogen and oxygen atoms in total. The Labute approximate surface area is 408 Å². The molecule has 0 aromatic heterocycles. The minimum atomic E-state index is -0.786. The van der Waals surface area contributed by atoms with E-state index in [9.17, 15) is 14.4 Å². The average molecular weight is 921 g/mol. The first-order chi connectivity index (χ1) is 32.5. The van der Waals surface area contributed by atoms with E-state index < -0.39 is 6.10 Å². The molecule has 0 fully saturated rings. The van der Waals surface area contributed by atoms with E-state index in [2.05, 4.69) is 93.7 Å². The van der Waals surface area contributed by atoms with Crippen molar-refractivity contribution in [3.8, 4) is 0 Å². The molecular formula is C60H104O6. The van der Waals surface area contributed by atoms with Gasteiger partial charge >= 0.3 is 17.9 Å². The summed E-state index contributed by atoms with van der Waals surface area (Å²) in [5.74, 6) is -0.905. The molecule has 0 aliphatic heterocycles. The number of allylic oxidation sites excluding steroid dienone is 12.